The monoisotopic (exact) mass is 542 g/mol. The molecule has 39 heavy (non-hydrogen) atoms. The number of ether oxygens (including phenoxy) is 3. The van der Waals surface area contributed by atoms with Gasteiger partial charge in [-0.3, -0.25) is 4.98 Å². The predicted octanol–water partition coefficient (Wildman–Crippen LogP) is 6.20. The molecule has 0 aliphatic rings. The molecule has 0 radical (unpaired) electrons. The Hall–Kier alpha value is -4.25. The van der Waals surface area contributed by atoms with Crippen LogP contribution in [0.2, 0.25) is 0 Å². The average Bonchev–Trinajstić information content (AvgIpc) is 2.89. The molecule has 0 aliphatic carbocycles. The summed E-state index contributed by atoms with van der Waals surface area (Å²) in [6.07, 6.45) is -1.96. The first kappa shape index (κ1) is 27.8. The zero-order chi connectivity index (χ0) is 28.0. The average molecular weight is 543 g/mol. The molecule has 0 saturated heterocycles. The molecule has 206 valence electrons. The maximum absolute atomic E-state index is 12.3. The Morgan fingerprint density at radius 1 is 0.974 bits per heavy atom. The van der Waals surface area contributed by atoms with Gasteiger partial charge in [0, 0.05) is 29.9 Å². The number of nitrogens with one attached hydrogen (secondary N) is 2. The van der Waals surface area contributed by atoms with Gasteiger partial charge in [-0.05, 0) is 67.7 Å². The Morgan fingerprint density at radius 3 is 2.49 bits per heavy atom. The number of methoxy groups -OCH3 is 1. The lowest BCUT2D eigenvalue weighted by atomic mass is 10.1. The van der Waals surface area contributed by atoms with Crippen molar-refractivity contribution in [1.82, 2.24) is 15.2 Å². The number of pyridine rings is 1. The van der Waals surface area contributed by atoms with Gasteiger partial charge in [0.15, 0.2) is 11.5 Å². The van der Waals surface area contributed by atoms with Crippen LogP contribution < -0.4 is 24.8 Å². The third kappa shape index (κ3) is 7.64. The molecule has 2 amide bonds. The minimum absolute atomic E-state index is 0.364. The van der Waals surface area contributed by atoms with E-state index in [0.717, 1.165) is 29.1 Å². The van der Waals surface area contributed by atoms with Crippen LogP contribution in [-0.4, -0.2) is 63.0 Å². The van der Waals surface area contributed by atoms with Gasteiger partial charge in [0.25, 0.3) is 0 Å². The summed E-state index contributed by atoms with van der Waals surface area (Å²) in [6.45, 7) is 0.0452. The highest BCUT2D eigenvalue weighted by atomic mass is 19.4. The van der Waals surface area contributed by atoms with Gasteiger partial charge >= 0.3 is 12.2 Å². The van der Waals surface area contributed by atoms with Gasteiger partial charge in [-0.2, -0.15) is 13.2 Å². The van der Waals surface area contributed by atoms with Crippen molar-refractivity contribution >= 4 is 33.4 Å². The van der Waals surface area contributed by atoms with E-state index >= 15 is 0 Å². The Labute approximate surface area is 223 Å². The number of urea groups is 1. The maximum Gasteiger partial charge on any atom is 0.405 e. The fourth-order valence-corrected chi connectivity index (χ4v) is 3.90. The maximum atomic E-state index is 12.3. The number of hydrogen-bond acceptors (Lipinski definition) is 6. The van der Waals surface area contributed by atoms with E-state index in [0.29, 0.717) is 40.8 Å². The summed E-state index contributed by atoms with van der Waals surface area (Å²) in [7, 11) is 5.61. The summed E-state index contributed by atoms with van der Waals surface area (Å²) in [4.78, 5) is 18.3. The van der Waals surface area contributed by atoms with Gasteiger partial charge in [-0.15, -0.1) is 0 Å². The molecule has 3 aromatic carbocycles. The smallest absolute Gasteiger partial charge is 0.405 e. The van der Waals surface area contributed by atoms with E-state index in [1.54, 1.807) is 55.0 Å². The number of aromatic nitrogens is 1. The number of benzene rings is 3. The molecule has 0 fully saturated rings. The Balaban J connectivity index is 1.50. The van der Waals surface area contributed by atoms with Crippen LogP contribution in [0, 0.1) is 0 Å². The summed E-state index contributed by atoms with van der Waals surface area (Å²) >= 11 is 0. The molecular weight excluding hydrogens is 513 g/mol. The van der Waals surface area contributed by atoms with E-state index < -0.39 is 18.8 Å². The van der Waals surface area contributed by atoms with Gasteiger partial charge in [0.1, 0.15) is 18.0 Å². The van der Waals surface area contributed by atoms with E-state index in [2.05, 4.69) is 15.2 Å². The normalized spacial score (nSPS) is 11.6. The van der Waals surface area contributed by atoms with Gasteiger partial charge in [0.05, 0.1) is 19.2 Å². The van der Waals surface area contributed by atoms with Crippen molar-refractivity contribution in [3.05, 3.63) is 60.8 Å². The molecule has 1 aromatic heterocycles. The summed E-state index contributed by atoms with van der Waals surface area (Å²) < 4.78 is 54.6. The summed E-state index contributed by atoms with van der Waals surface area (Å²) in [5, 5.41) is 6.52. The molecule has 8 nitrogen and oxygen atoms in total. The van der Waals surface area contributed by atoms with Crippen LogP contribution in [0.5, 0.6) is 23.0 Å². The molecule has 11 heteroatoms. The summed E-state index contributed by atoms with van der Waals surface area (Å²) in [6, 6.07) is 14.9. The van der Waals surface area contributed by atoms with Crippen molar-refractivity contribution in [3.8, 4) is 23.0 Å². The molecule has 0 bridgehead atoms. The van der Waals surface area contributed by atoms with Crippen molar-refractivity contribution in [1.29, 1.82) is 0 Å². The number of hydrogen-bond donors (Lipinski definition) is 2. The molecular formula is C28H29F3N4O4. The van der Waals surface area contributed by atoms with Gasteiger partial charge < -0.3 is 29.7 Å². The van der Waals surface area contributed by atoms with Crippen LogP contribution in [0.15, 0.2) is 60.8 Å². The molecule has 4 rings (SSSR count). The highest BCUT2D eigenvalue weighted by Gasteiger charge is 2.27. The number of alkyl halides is 3. The lowest BCUT2D eigenvalue weighted by molar-refractivity contribution is -0.122. The topological polar surface area (TPSA) is 85.0 Å². The van der Waals surface area contributed by atoms with E-state index in [1.807, 2.05) is 32.3 Å². The first-order chi connectivity index (χ1) is 18.6. The number of carbonyl (C=O) groups is 1. The first-order valence-electron chi connectivity index (χ1n) is 12.2. The van der Waals surface area contributed by atoms with E-state index in [9.17, 15) is 18.0 Å². The minimum Gasteiger partial charge on any atom is -0.493 e. The number of rotatable bonds is 10. The fourth-order valence-electron chi connectivity index (χ4n) is 3.90. The Bertz CT molecular complexity index is 1460. The number of anilines is 1. The van der Waals surface area contributed by atoms with Crippen molar-refractivity contribution in [2.75, 3.05) is 46.2 Å². The highest BCUT2D eigenvalue weighted by molar-refractivity contribution is 5.94. The molecule has 0 atom stereocenters. The van der Waals surface area contributed by atoms with Crippen molar-refractivity contribution in [2.24, 2.45) is 0 Å². The van der Waals surface area contributed by atoms with E-state index in [1.165, 1.54) is 0 Å². The molecule has 4 aromatic rings. The number of nitrogens with zero attached hydrogens (tertiary/aromatic N) is 2. The quantitative estimate of drug-likeness (QED) is 0.232. The molecule has 0 spiro atoms. The number of fused-ring (bicyclic) bond motifs is 2. The second kappa shape index (κ2) is 12.1. The second-order valence-corrected chi connectivity index (χ2v) is 9.08. The fraction of sp³-hybridized carbons (Fsp3) is 0.286. The van der Waals surface area contributed by atoms with Gasteiger partial charge in [-0.25, -0.2) is 4.79 Å². The van der Waals surface area contributed by atoms with Crippen molar-refractivity contribution in [2.45, 2.75) is 12.6 Å². The molecule has 2 N–H and O–H groups in total. The predicted molar refractivity (Wildman–Crippen MR) is 144 cm³/mol. The third-order valence-corrected chi connectivity index (χ3v) is 5.74. The van der Waals surface area contributed by atoms with Crippen molar-refractivity contribution in [3.63, 3.8) is 0 Å². The lowest BCUT2D eigenvalue weighted by Crippen LogP contribution is -2.36. The molecule has 0 unspecified atom stereocenters. The van der Waals surface area contributed by atoms with Crippen LogP contribution in [-0.2, 0) is 0 Å². The first-order valence-corrected chi connectivity index (χ1v) is 12.2. The van der Waals surface area contributed by atoms with Crippen molar-refractivity contribution < 1.29 is 32.2 Å². The minimum atomic E-state index is -4.48. The number of amides is 2. The second-order valence-electron chi connectivity index (χ2n) is 9.08. The molecule has 0 aliphatic heterocycles. The standard InChI is InChI=1S/C28H29F3N4O4/c1-35(2)11-4-12-38-26-16-23-22(15-25(26)37-3)24(9-10-32-23)39-21-8-6-18-13-20(7-5-19(18)14-21)34-27(36)33-17-28(29,30)31/h5-10,13-16H,4,11-12,17H2,1-3H3,(H2,33,34,36). The van der Waals surface area contributed by atoms with Crippen LogP contribution in [0.3, 0.4) is 0 Å². The lowest BCUT2D eigenvalue weighted by Gasteiger charge is -2.15. The van der Waals surface area contributed by atoms with Gasteiger partial charge in [-0.1, -0.05) is 12.1 Å². The van der Waals surface area contributed by atoms with E-state index in [4.69, 9.17) is 14.2 Å². The van der Waals surface area contributed by atoms with Crippen LogP contribution >= 0.6 is 0 Å². The van der Waals surface area contributed by atoms with E-state index in [-0.39, 0.29) is 0 Å². The highest BCUT2D eigenvalue weighted by Crippen LogP contribution is 2.37. The van der Waals surface area contributed by atoms with Crippen LogP contribution in [0.1, 0.15) is 6.42 Å². The van der Waals surface area contributed by atoms with Gasteiger partial charge in [0.2, 0.25) is 0 Å². The van der Waals surface area contributed by atoms with Crippen LogP contribution in [0.25, 0.3) is 21.7 Å². The summed E-state index contributed by atoms with van der Waals surface area (Å²) in [5.41, 5.74) is 1.05. The largest absolute Gasteiger partial charge is 0.493 e. The molecule has 0 saturated carbocycles. The zero-order valence-electron chi connectivity index (χ0n) is 21.8. The summed E-state index contributed by atoms with van der Waals surface area (Å²) in [5.74, 6) is 2.33. The SMILES string of the molecule is COc1cc2c(Oc3ccc4cc(NC(=O)NCC(F)(F)F)ccc4c3)ccnc2cc1OCCCN(C)C. The number of halogens is 3. The zero-order valence-corrected chi connectivity index (χ0v) is 21.8. The number of carbonyl (C=O) groups excluding carboxylic acids is 1. The van der Waals surface area contributed by atoms with Crippen LogP contribution in [0.4, 0.5) is 23.7 Å². The third-order valence-electron chi connectivity index (χ3n) is 5.74. The molecule has 1 heterocycles. The Morgan fingerprint density at radius 2 is 1.74 bits per heavy atom. The Kier molecular flexibility index (Phi) is 8.60.